The van der Waals surface area contributed by atoms with Gasteiger partial charge >= 0.3 is 0 Å². The first-order valence-electron chi connectivity index (χ1n) is 7.96. The summed E-state index contributed by atoms with van der Waals surface area (Å²) in [5, 5.41) is 5.92. The van der Waals surface area contributed by atoms with Gasteiger partial charge in [0.1, 0.15) is 0 Å². The SMILES string of the molecule is CN1CCC(NC(=O)CCCNC(=O)c2ccccc2)CC1. The molecule has 2 N–H and O–H groups in total. The average Bonchev–Trinajstić information content (AvgIpc) is 2.54. The van der Waals surface area contributed by atoms with Crippen molar-refractivity contribution < 1.29 is 9.59 Å². The molecule has 1 saturated heterocycles. The van der Waals surface area contributed by atoms with E-state index in [-0.39, 0.29) is 11.8 Å². The number of hydrogen-bond donors (Lipinski definition) is 2. The van der Waals surface area contributed by atoms with Gasteiger partial charge in [0, 0.05) is 24.6 Å². The molecule has 0 spiro atoms. The Morgan fingerprint density at radius 1 is 1.18 bits per heavy atom. The zero-order valence-electron chi connectivity index (χ0n) is 13.2. The van der Waals surface area contributed by atoms with Crippen LogP contribution in [0.3, 0.4) is 0 Å². The van der Waals surface area contributed by atoms with Gasteiger partial charge < -0.3 is 15.5 Å². The van der Waals surface area contributed by atoms with Gasteiger partial charge in [-0.2, -0.15) is 0 Å². The summed E-state index contributed by atoms with van der Waals surface area (Å²) in [7, 11) is 2.10. The summed E-state index contributed by atoms with van der Waals surface area (Å²) in [6.07, 6.45) is 3.17. The summed E-state index contributed by atoms with van der Waals surface area (Å²) < 4.78 is 0. The van der Waals surface area contributed by atoms with Crippen LogP contribution in [-0.2, 0) is 4.79 Å². The van der Waals surface area contributed by atoms with Crippen molar-refractivity contribution in [1.82, 2.24) is 15.5 Å². The predicted molar refractivity (Wildman–Crippen MR) is 86.7 cm³/mol. The molecule has 2 amide bonds. The third-order valence-electron chi connectivity index (χ3n) is 3.99. The van der Waals surface area contributed by atoms with E-state index in [1.807, 2.05) is 18.2 Å². The Kier molecular flexibility index (Phi) is 6.40. The molecule has 0 aromatic heterocycles. The first kappa shape index (κ1) is 16.5. The van der Waals surface area contributed by atoms with Gasteiger partial charge in [0.05, 0.1) is 0 Å². The van der Waals surface area contributed by atoms with Crippen molar-refractivity contribution >= 4 is 11.8 Å². The second-order valence-corrected chi connectivity index (χ2v) is 5.87. The standard InChI is InChI=1S/C17H25N3O2/c1-20-12-9-15(10-13-20)19-16(21)8-5-11-18-17(22)14-6-3-2-4-7-14/h2-4,6-7,15H,5,8-13H2,1H3,(H,18,22)(H,19,21). The minimum absolute atomic E-state index is 0.0866. The number of nitrogens with zero attached hydrogens (tertiary/aromatic N) is 1. The van der Waals surface area contributed by atoms with Crippen LogP contribution in [0.2, 0.25) is 0 Å². The van der Waals surface area contributed by atoms with Crippen molar-refractivity contribution in [1.29, 1.82) is 0 Å². The molecule has 22 heavy (non-hydrogen) atoms. The molecule has 1 fully saturated rings. The molecular formula is C17H25N3O2. The number of benzene rings is 1. The molecule has 120 valence electrons. The molecule has 0 atom stereocenters. The molecule has 1 aliphatic heterocycles. The largest absolute Gasteiger partial charge is 0.353 e. The van der Waals surface area contributed by atoms with Gasteiger partial charge in [0.2, 0.25) is 5.91 Å². The predicted octanol–water partition coefficient (Wildman–Crippen LogP) is 1.41. The molecule has 0 radical (unpaired) electrons. The monoisotopic (exact) mass is 303 g/mol. The van der Waals surface area contributed by atoms with Crippen LogP contribution in [-0.4, -0.2) is 49.4 Å². The van der Waals surface area contributed by atoms with Crippen LogP contribution >= 0.6 is 0 Å². The maximum Gasteiger partial charge on any atom is 0.251 e. The molecule has 1 aromatic rings. The summed E-state index contributed by atoms with van der Waals surface area (Å²) in [5.74, 6) is -0.000149. The Morgan fingerprint density at radius 3 is 2.55 bits per heavy atom. The molecule has 1 aliphatic rings. The van der Waals surface area contributed by atoms with E-state index < -0.39 is 0 Å². The Hall–Kier alpha value is -1.88. The molecule has 0 saturated carbocycles. The van der Waals surface area contributed by atoms with Gasteiger partial charge in [-0.25, -0.2) is 0 Å². The maximum absolute atomic E-state index is 11.9. The minimum atomic E-state index is -0.0867. The summed E-state index contributed by atoms with van der Waals surface area (Å²) in [6, 6.07) is 9.42. The van der Waals surface area contributed by atoms with E-state index in [2.05, 4.69) is 22.6 Å². The molecule has 0 bridgehead atoms. The molecule has 0 unspecified atom stereocenters. The van der Waals surface area contributed by atoms with E-state index in [9.17, 15) is 9.59 Å². The number of nitrogens with one attached hydrogen (secondary N) is 2. The van der Waals surface area contributed by atoms with Crippen molar-refractivity contribution in [2.24, 2.45) is 0 Å². The Morgan fingerprint density at radius 2 is 1.86 bits per heavy atom. The summed E-state index contributed by atoms with van der Waals surface area (Å²) in [6.45, 7) is 2.60. The van der Waals surface area contributed by atoms with Gasteiger partial charge in [0.25, 0.3) is 5.91 Å². The Labute approximate surface area is 132 Å². The van der Waals surface area contributed by atoms with Gasteiger partial charge in [-0.05, 0) is 51.5 Å². The fourth-order valence-corrected chi connectivity index (χ4v) is 2.60. The highest BCUT2D eigenvalue weighted by Crippen LogP contribution is 2.08. The van der Waals surface area contributed by atoms with Crippen LogP contribution in [0.25, 0.3) is 0 Å². The summed E-state index contributed by atoms with van der Waals surface area (Å²) in [5.41, 5.74) is 0.651. The lowest BCUT2D eigenvalue weighted by Gasteiger charge is -2.29. The van der Waals surface area contributed by atoms with Gasteiger partial charge in [-0.1, -0.05) is 18.2 Å². The van der Waals surface area contributed by atoms with Crippen LogP contribution in [0.1, 0.15) is 36.0 Å². The lowest BCUT2D eigenvalue weighted by molar-refractivity contribution is -0.122. The van der Waals surface area contributed by atoms with Crippen LogP contribution in [0.5, 0.6) is 0 Å². The number of rotatable bonds is 6. The van der Waals surface area contributed by atoms with Crippen molar-refractivity contribution in [2.75, 3.05) is 26.7 Å². The van der Waals surface area contributed by atoms with Gasteiger partial charge in [-0.3, -0.25) is 9.59 Å². The fourth-order valence-electron chi connectivity index (χ4n) is 2.60. The number of piperidine rings is 1. The van der Waals surface area contributed by atoms with E-state index in [4.69, 9.17) is 0 Å². The molecule has 0 aliphatic carbocycles. The van der Waals surface area contributed by atoms with E-state index in [1.165, 1.54) is 0 Å². The smallest absolute Gasteiger partial charge is 0.251 e. The van der Waals surface area contributed by atoms with Crippen LogP contribution in [0.4, 0.5) is 0 Å². The molecular weight excluding hydrogens is 278 g/mol. The zero-order chi connectivity index (χ0) is 15.8. The number of likely N-dealkylation sites (tertiary alicyclic amines) is 1. The Bertz CT molecular complexity index is 482. The molecule has 5 heteroatoms. The molecule has 1 aromatic carbocycles. The van der Waals surface area contributed by atoms with Crippen molar-refractivity contribution in [3.8, 4) is 0 Å². The third kappa shape index (κ3) is 5.48. The molecule has 5 nitrogen and oxygen atoms in total. The quantitative estimate of drug-likeness (QED) is 0.781. The first-order valence-corrected chi connectivity index (χ1v) is 7.96. The number of carbonyl (C=O) groups excluding carboxylic acids is 2. The van der Waals surface area contributed by atoms with Crippen LogP contribution in [0.15, 0.2) is 30.3 Å². The van der Waals surface area contributed by atoms with E-state index in [0.717, 1.165) is 25.9 Å². The van der Waals surface area contributed by atoms with Crippen molar-refractivity contribution in [3.63, 3.8) is 0 Å². The fraction of sp³-hybridized carbons (Fsp3) is 0.529. The van der Waals surface area contributed by atoms with Gasteiger partial charge in [0.15, 0.2) is 0 Å². The van der Waals surface area contributed by atoms with Crippen molar-refractivity contribution in [2.45, 2.75) is 31.7 Å². The van der Waals surface area contributed by atoms with Gasteiger partial charge in [-0.15, -0.1) is 0 Å². The Balaban J connectivity index is 1.58. The van der Waals surface area contributed by atoms with E-state index in [0.29, 0.717) is 31.0 Å². The highest BCUT2D eigenvalue weighted by Gasteiger charge is 2.18. The van der Waals surface area contributed by atoms with Crippen molar-refractivity contribution in [3.05, 3.63) is 35.9 Å². The van der Waals surface area contributed by atoms with E-state index >= 15 is 0 Å². The second kappa shape index (κ2) is 8.54. The lowest BCUT2D eigenvalue weighted by atomic mass is 10.1. The summed E-state index contributed by atoms with van der Waals surface area (Å²) >= 11 is 0. The second-order valence-electron chi connectivity index (χ2n) is 5.87. The number of amides is 2. The maximum atomic E-state index is 11.9. The topological polar surface area (TPSA) is 61.4 Å². The third-order valence-corrected chi connectivity index (χ3v) is 3.99. The van der Waals surface area contributed by atoms with Crippen LogP contribution < -0.4 is 10.6 Å². The van der Waals surface area contributed by atoms with Crippen LogP contribution in [0, 0.1) is 0 Å². The molecule has 2 rings (SSSR count). The first-order chi connectivity index (χ1) is 10.6. The lowest BCUT2D eigenvalue weighted by Crippen LogP contribution is -2.43. The summed E-state index contributed by atoms with van der Waals surface area (Å²) in [4.78, 5) is 26.0. The minimum Gasteiger partial charge on any atom is -0.353 e. The number of carbonyl (C=O) groups is 2. The highest BCUT2D eigenvalue weighted by atomic mass is 16.2. The number of hydrogen-bond acceptors (Lipinski definition) is 3. The highest BCUT2D eigenvalue weighted by molar-refractivity contribution is 5.94. The molecule has 1 heterocycles. The zero-order valence-corrected chi connectivity index (χ0v) is 13.2. The average molecular weight is 303 g/mol. The normalized spacial score (nSPS) is 16.2. The van der Waals surface area contributed by atoms with E-state index in [1.54, 1.807) is 12.1 Å².